The second kappa shape index (κ2) is 5.06. The number of nitrogens with two attached hydrogens (primary N) is 1. The van der Waals surface area contributed by atoms with Gasteiger partial charge < -0.3 is 15.4 Å². The Bertz CT molecular complexity index is 504. The third kappa shape index (κ3) is 2.18. The van der Waals surface area contributed by atoms with Gasteiger partial charge in [0.2, 0.25) is 0 Å². The van der Waals surface area contributed by atoms with Crippen molar-refractivity contribution in [3.05, 3.63) is 20.8 Å². The Hall–Kier alpha value is 0.0600. The van der Waals surface area contributed by atoms with Crippen LogP contribution in [0.1, 0.15) is 25.8 Å². The molecule has 1 saturated carbocycles. The number of nitrogens with zero attached hydrogens (tertiary/aromatic N) is 1. The molecule has 0 bridgehead atoms. The van der Waals surface area contributed by atoms with Gasteiger partial charge in [0.15, 0.2) is 0 Å². The second-order valence-corrected chi connectivity index (χ2v) is 9.17. The highest BCUT2D eigenvalue weighted by Gasteiger charge is 2.67. The molecule has 3 nitrogen and oxygen atoms in total. The van der Waals surface area contributed by atoms with Crippen LogP contribution in [0.25, 0.3) is 0 Å². The first-order chi connectivity index (χ1) is 9.34. The Morgan fingerprint density at radius 3 is 2.95 bits per heavy atom. The molecule has 112 valence electrons. The predicted molar refractivity (Wildman–Crippen MR) is 86.9 cm³/mol. The molecule has 0 spiro atoms. The van der Waals surface area contributed by atoms with E-state index >= 15 is 0 Å². The van der Waals surface area contributed by atoms with Gasteiger partial charge >= 0.3 is 0 Å². The van der Waals surface area contributed by atoms with Crippen molar-refractivity contribution in [1.29, 1.82) is 0 Å². The Morgan fingerprint density at radius 1 is 1.55 bits per heavy atom. The van der Waals surface area contributed by atoms with Gasteiger partial charge in [-0.3, -0.25) is 0 Å². The number of likely N-dealkylation sites (N-methyl/N-ethyl adjacent to an activating group) is 1. The molecule has 20 heavy (non-hydrogen) atoms. The highest BCUT2D eigenvalue weighted by Crippen LogP contribution is 2.58. The molecule has 2 N–H and O–H groups in total. The van der Waals surface area contributed by atoms with Gasteiger partial charge in [-0.15, -0.1) is 11.3 Å². The number of thiophene rings is 1. The summed E-state index contributed by atoms with van der Waals surface area (Å²) in [5.41, 5.74) is 8.09. The summed E-state index contributed by atoms with van der Waals surface area (Å²) < 4.78 is 7.05. The third-order valence-electron chi connectivity index (χ3n) is 5.27. The number of ether oxygens (including phenoxy) is 1. The molecule has 1 aliphatic heterocycles. The van der Waals surface area contributed by atoms with Crippen molar-refractivity contribution >= 4 is 27.3 Å². The largest absolute Gasteiger partial charge is 0.377 e. The number of rotatable bonds is 4. The zero-order valence-electron chi connectivity index (χ0n) is 12.4. The van der Waals surface area contributed by atoms with E-state index in [1.165, 1.54) is 9.35 Å². The molecule has 3 unspecified atom stereocenters. The highest BCUT2D eigenvalue weighted by molar-refractivity contribution is 9.11. The van der Waals surface area contributed by atoms with E-state index < -0.39 is 0 Å². The molecular weight excluding hydrogens is 336 g/mol. The Kier molecular flexibility index (Phi) is 3.79. The van der Waals surface area contributed by atoms with Crippen LogP contribution in [-0.4, -0.2) is 36.7 Å². The van der Waals surface area contributed by atoms with Crippen molar-refractivity contribution in [2.24, 2.45) is 17.1 Å². The monoisotopic (exact) mass is 358 g/mol. The molecule has 1 aromatic heterocycles. The lowest BCUT2D eigenvalue weighted by Gasteiger charge is -2.63. The van der Waals surface area contributed by atoms with Crippen LogP contribution in [0.5, 0.6) is 0 Å². The van der Waals surface area contributed by atoms with Crippen LogP contribution in [0.2, 0.25) is 0 Å². The van der Waals surface area contributed by atoms with Crippen molar-refractivity contribution in [2.75, 3.05) is 20.2 Å². The van der Waals surface area contributed by atoms with Gasteiger partial charge in [-0.05, 0) is 46.4 Å². The summed E-state index contributed by atoms with van der Waals surface area (Å²) in [6, 6.07) is 2.19. The second-order valence-electron chi connectivity index (χ2n) is 6.88. The summed E-state index contributed by atoms with van der Waals surface area (Å²) >= 11 is 5.26. The SMILES string of the molecule is CN(Cc1csc(Br)c1)CC1(N)C2CCOC2C1(C)C. The van der Waals surface area contributed by atoms with Gasteiger partial charge in [0.05, 0.1) is 9.89 Å². The highest BCUT2D eigenvalue weighted by atomic mass is 79.9. The third-order valence-corrected chi connectivity index (χ3v) is 6.82. The maximum absolute atomic E-state index is 6.80. The smallest absolute Gasteiger partial charge is 0.0701 e. The summed E-state index contributed by atoms with van der Waals surface area (Å²) in [5, 5.41) is 2.21. The van der Waals surface area contributed by atoms with Crippen LogP contribution in [0, 0.1) is 11.3 Å². The average molecular weight is 359 g/mol. The molecule has 1 saturated heterocycles. The van der Waals surface area contributed by atoms with E-state index in [9.17, 15) is 0 Å². The molecule has 5 heteroatoms. The normalized spacial score (nSPS) is 35.1. The lowest BCUT2D eigenvalue weighted by atomic mass is 9.48. The van der Waals surface area contributed by atoms with Crippen molar-refractivity contribution in [3.63, 3.8) is 0 Å². The van der Waals surface area contributed by atoms with Gasteiger partial charge in [0.1, 0.15) is 0 Å². The van der Waals surface area contributed by atoms with Crippen LogP contribution in [0.3, 0.4) is 0 Å². The first kappa shape index (κ1) is 15.0. The van der Waals surface area contributed by atoms with Crippen LogP contribution < -0.4 is 5.73 Å². The van der Waals surface area contributed by atoms with E-state index in [1.54, 1.807) is 11.3 Å². The topological polar surface area (TPSA) is 38.5 Å². The molecule has 1 aromatic rings. The first-order valence-corrected chi connectivity index (χ1v) is 8.84. The summed E-state index contributed by atoms with van der Waals surface area (Å²) in [7, 11) is 2.17. The fraction of sp³-hybridized carbons (Fsp3) is 0.733. The number of hydrogen-bond donors (Lipinski definition) is 1. The van der Waals surface area contributed by atoms with Crippen molar-refractivity contribution < 1.29 is 4.74 Å². The minimum atomic E-state index is -0.129. The molecule has 2 heterocycles. The van der Waals surface area contributed by atoms with E-state index in [1.807, 2.05) is 0 Å². The minimum Gasteiger partial charge on any atom is -0.377 e. The van der Waals surface area contributed by atoms with E-state index in [-0.39, 0.29) is 11.0 Å². The number of halogens is 1. The quantitative estimate of drug-likeness (QED) is 0.898. The molecule has 3 atom stereocenters. The molecule has 2 aliphatic rings. The zero-order chi connectivity index (χ0) is 14.5. The fourth-order valence-electron chi connectivity index (χ4n) is 4.04. The molecule has 3 rings (SSSR count). The average Bonchev–Trinajstić information content (AvgIpc) is 2.97. The Morgan fingerprint density at radius 2 is 2.30 bits per heavy atom. The summed E-state index contributed by atoms with van der Waals surface area (Å²) in [4.78, 5) is 2.35. The summed E-state index contributed by atoms with van der Waals surface area (Å²) in [6.45, 7) is 7.27. The minimum absolute atomic E-state index is 0.0671. The molecule has 2 fully saturated rings. The first-order valence-electron chi connectivity index (χ1n) is 7.16. The van der Waals surface area contributed by atoms with Crippen LogP contribution >= 0.6 is 27.3 Å². The summed E-state index contributed by atoms with van der Waals surface area (Å²) in [6.07, 6.45) is 1.47. The Balaban J connectivity index is 1.67. The van der Waals surface area contributed by atoms with E-state index in [0.717, 1.165) is 26.1 Å². The van der Waals surface area contributed by atoms with Gasteiger partial charge in [0.25, 0.3) is 0 Å². The van der Waals surface area contributed by atoms with E-state index in [4.69, 9.17) is 10.5 Å². The van der Waals surface area contributed by atoms with Crippen molar-refractivity contribution in [3.8, 4) is 0 Å². The molecular formula is C15H23BrN2OS. The van der Waals surface area contributed by atoms with Gasteiger partial charge in [-0.2, -0.15) is 0 Å². The van der Waals surface area contributed by atoms with Crippen LogP contribution in [0.15, 0.2) is 15.2 Å². The number of fused-ring (bicyclic) bond motifs is 1. The predicted octanol–water partition coefficient (Wildman–Crippen LogP) is 3.08. The van der Waals surface area contributed by atoms with Gasteiger partial charge in [-0.1, -0.05) is 13.8 Å². The molecule has 1 aliphatic carbocycles. The van der Waals surface area contributed by atoms with E-state index in [0.29, 0.717) is 12.0 Å². The maximum atomic E-state index is 6.80. The Labute approximate surface area is 133 Å². The standard InChI is InChI=1S/C15H23BrN2OS/c1-14(2)13-11(4-5-19-13)15(14,17)9-18(3)7-10-6-12(16)20-8-10/h6,8,11,13H,4-5,7,9,17H2,1-3H3. The fourth-order valence-corrected chi connectivity index (χ4v) is 5.24. The number of hydrogen-bond acceptors (Lipinski definition) is 4. The van der Waals surface area contributed by atoms with Gasteiger partial charge in [-0.25, -0.2) is 0 Å². The lowest BCUT2D eigenvalue weighted by molar-refractivity contribution is -0.162. The van der Waals surface area contributed by atoms with Crippen LogP contribution in [-0.2, 0) is 11.3 Å². The van der Waals surface area contributed by atoms with E-state index in [2.05, 4.69) is 53.2 Å². The van der Waals surface area contributed by atoms with Crippen LogP contribution in [0.4, 0.5) is 0 Å². The van der Waals surface area contributed by atoms with Crippen molar-refractivity contribution in [2.45, 2.75) is 38.5 Å². The molecule has 0 aromatic carbocycles. The van der Waals surface area contributed by atoms with Crippen molar-refractivity contribution in [1.82, 2.24) is 4.90 Å². The maximum Gasteiger partial charge on any atom is 0.0701 e. The summed E-state index contributed by atoms with van der Waals surface area (Å²) in [5.74, 6) is 0.522. The molecule has 0 radical (unpaired) electrons. The molecule has 0 amide bonds. The lowest BCUT2D eigenvalue weighted by Crippen LogP contribution is -2.77. The van der Waals surface area contributed by atoms with Gasteiger partial charge in [0, 0.05) is 36.6 Å². The zero-order valence-corrected chi connectivity index (χ0v) is 14.8.